The van der Waals surface area contributed by atoms with Gasteiger partial charge in [0.05, 0.1) is 0 Å². The zero-order chi connectivity index (χ0) is 11.4. The van der Waals surface area contributed by atoms with Crippen molar-refractivity contribution in [1.29, 1.82) is 0 Å². The molecule has 15 heavy (non-hydrogen) atoms. The molecule has 4 N–H and O–H groups in total. The third kappa shape index (κ3) is 2.80. The number of nitrogen functional groups attached to an aromatic ring is 1. The number of rotatable bonds is 3. The Morgan fingerprint density at radius 1 is 1.60 bits per heavy atom. The lowest BCUT2D eigenvalue weighted by Crippen LogP contribution is -2.35. The van der Waals surface area contributed by atoms with Gasteiger partial charge in [-0.2, -0.15) is 4.98 Å². The maximum Gasteiger partial charge on any atom is 0.241 e. The fourth-order valence-corrected chi connectivity index (χ4v) is 1.09. The number of nitrogens with one attached hydrogen (secondary N) is 2. The van der Waals surface area contributed by atoms with Gasteiger partial charge >= 0.3 is 0 Å². The van der Waals surface area contributed by atoms with Crippen LogP contribution in [0, 0.1) is 6.92 Å². The van der Waals surface area contributed by atoms with Crippen molar-refractivity contribution in [3.8, 4) is 0 Å². The summed E-state index contributed by atoms with van der Waals surface area (Å²) in [6, 6.07) is -0.358. The summed E-state index contributed by atoms with van der Waals surface area (Å²) in [6.07, 6.45) is 1.61. The van der Waals surface area contributed by atoms with Gasteiger partial charge in [-0.1, -0.05) is 0 Å². The fourth-order valence-electron chi connectivity index (χ4n) is 1.09. The number of nitrogens with zero attached hydrogens (tertiary/aromatic N) is 2. The molecule has 0 aliphatic carbocycles. The van der Waals surface area contributed by atoms with Crippen molar-refractivity contribution in [2.45, 2.75) is 19.9 Å². The summed E-state index contributed by atoms with van der Waals surface area (Å²) >= 11 is 0. The number of amides is 1. The molecule has 6 nitrogen and oxygen atoms in total. The Labute approximate surface area is 88.3 Å². The van der Waals surface area contributed by atoms with Gasteiger partial charge in [-0.15, -0.1) is 0 Å². The highest BCUT2D eigenvalue weighted by atomic mass is 16.2. The number of hydrogen-bond donors (Lipinski definition) is 3. The third-order valence-corrected chi connectivity index (χ3v) is 1.98. The Bertz CT molecular complexity index is 366. The highest BCUT2D eigenvalue weighted by molar-refractivity contribution is 5.83. The van der Waals surface area contributed by atoms with Crippen LogP contribution in [0.15, 0.2) is 6.20 Å². The van der Waals surface area contributed by atoms with Gasteiger partial charge in [0.1, 0.15) is 11.9 Å². The number of anilines is 2. The first kappa shape index (κ1) is 11.2. The number of likely N-dealkylation sites (N-methyl/N-ethyl adjacent to an activating group) is 1. The Hall–Kier alpha value is -1.85. The molecule has 0 saturated carbocycles. The van der Waals surface area contributed by atoms with Gasteiger partial charge < -0.3 is 16.4 Å². The van der Waals surface area contributed by atoms with Gasteiger partial charge in [-0.3, -0.25) is 4.79 Å². The molecule has 1 rings (SSSR count). The highest BCUT2D eigenvalue weighted by Crippen LogP contribution is 2.11. The minimum absolute atomic E-state index is 0.105. The van der Waals surface area contributed by atoms with E-state index in [1.54, 1.807) is 20.2 Å². The van der Waals surface area contributed by atoms with E-state index in [0.717, 1.165) is 5.56 Å². The first-order chi connectivity index (χ1) is 7.04. The van der Waals surface area contributed by atoms with E-state index in [2.05, 4.69) is 20.6 Å². The summed E-state index contributed by atoms with van der Waals surface area (Å²) in [6.45, 7) is 3.59. The molecule has 1 aromatic rings. The molecule has 0 saturated heterocycles. The van der Waals surface area contributed by atoms with Crippen molar-refractivity contribution in [3.63, 3.8) is 0 Å². The number of hydrogen-bond acceptors (Lipinski definition) is 5. The minimum atomic E-state index is -0.358. The van der Waals surface area contributed by atoms with E-state index < -0.39 is 0 Å². The predicted molar refractivity (Wildman–Crippen MR) is 58.3 cm³/mol. The van der Waals surface area contributed by atoms with E-state index in [1.165, 1.54) is 0 Å². The molecule has 0 spiro atoms. The summed E-state index contributed by atoms with van der Waals surface area (Å²) in [4.78, 5) is 19.1. The van der Waals surface area contributed by atoms with Crippen molar-refractivity contribution in [2.24, 2.45) is 0 Å². The topological polar surface area (TPSA) is 92.9 Å². The largest absolute Gasteiger partial charge is 0.368 e. The maximum atomic E-state index is 11.3. The van der Waals surface area contributed by atoms with Crippen molar-refractivity contribution >= 4 is 17.7 Å². The van der Waals surface area contributed by atoms with Gasteiger partial charge in [0.2, 0.25) is 11.9 Å². The van der Waals surface area contributed by atoms with Crippen LogP contribution in [0.5, 0.6) is 0 Å². The molecule has 0 aliphatic heterocycles. The Kier molecular flexibility index (Phi) is 3.43. The van der Waals surface area contributed by atoms with E-state index in [-0.39, 0.29) is 17.9 Å². The van der Waals surface area contributed by atoms with Crippen LogP contribution >= 0.6 is 0 Å². The van der Waals surface area contributed by atoms with Crippen molar-refractivity contribution in [3.05, 3.63) is 11.8 Å². The lowest BCUT2D eigenvalue weighted by molar-refractivity contribution is -0.121. The molecule has 0 aliphatic rings. The van der Waals surface area contributed by atoms with Crippen LogP contribution in [0.3, 0.4) is 0 Å². The van der Waals surface area contributed by atoms with Crippen LogP contribution in [0.2, 0.25) is 0 Å². The molecule has 82 valence electrons. The first-order valence-electron chi connectivity index (χ1n) is 4.62. The second-order valence-corrected chi connectivity index (χ2v) is 3.24. The van der Waals surface area contributed by atoms with Crippen molar-refractivity contribution in [2.75, 3.05) is 18.1 Å². The Balaban J connectivity index is 2.80. The van der Waals surface area contributed by atoms with Crippen LogP contribution in [-0.2, 0) is 4.79 Å². The summed E-state index contributed by atoms with van der Waals surface area (Å²) in [5.41, 5.74) is 6.30. The maximum absolute atomic E-state index is 11.3. The molecule has 0 fully saturated rings. The highest BCUT2D eigenvalue weighted by Gasteiger charge is 2.12. The van der Waals surface area contributed by atoms with E-state index in [9.17, 15) is 4.79 Å². The molecule has 0 bridgehead atoms. The summed E-state index contributed by atoms with van der Waals surface area (Å²) in [7, 11) is 1.59. The molecular weight excluding hydrogens is 194 g/mol. The van der Waals surface area contributed by atoms with Crippen LogP contribution in [0.25, 0.3) is 0 Å². The van der Waals surface area contributed by atoms with Gasteiger partial charge in [0, 0.05) is 18.8 Å². The minimum Gasteiger partial charge on any atom is -0.368 e. The molecule has 1 unspecified atom stereocenters. The van der Waals surface area contributed by atoms with E-state index >= 15 is 0 Å². The number of nitrogens with two attached hydrogens (primary N) is 1. The van der Waals surface area contributed by atoms with E-state index in [0.29, 0.717) is 5.82 Å². The molecule has 0 radical (unpaired) electrons. The summed E-state index contributed by atoms with van der Waals surface area (Å²) in [5, 5.41) is 5.50. The molecule has 1 heterocycles. The number of carbonyl (C=O) groups excluding carboxylic acids is 1. The van der Waals surface area contributed by atoms with Crippen LogP contribution in [-0.4, -0.2) is 29.0 Å². The normalized spacial score (nSPS) is 11.9. The Morgan fingerprint density at radius 3 is 2.87 bits per heavy atom. The monoisotopic (exact) mass is 209 g/mol. The van der Waals surface area contributed by atoms with Crippen LogP contribution < -0.4 is 16.4 Å². The van der Waals surface area contributed by atoms with Gasteiger partial charge in [-0.25, -0.2) is 4.98 Å². The zero-order valence-electron chi connectivity index (χ0n) is 9.03. The number of aryl methyl sites for hydroxylation is 1. The SMILES string of the molecule is CNC(=O)C(C)Nc1nc(N)ncc1C. The number of carbonyl (C=O) groups is 1. The number of aromatic nitrogens is 2. The Morgan fingerprint density at radius 2 is 2.27 bits per heavy atom. The molecule has 1 aromatic heterocycles. The average Bonchev–Trinajstić information content (AvgIpc) is 2.22. The van der Waals surface area contributed by atoms with E-state index in [4.69, 9.17) is 5.73 Å². The van der Waals surface area contributed by atoms with E-state index in [1.807, 2.05) is 6.92 Å². The molecule has 1 atom stereocenters. The molecule has 6 heteroatoms. The smallest absolute Gasteiger partial charge is 0.241 e. The molecular formula is C9H15N5O. The second kappa shape index (κ2) is 4.59. The molecule has 1 amide bonds. The quantitative estimate of drug-likeness (QED) is 0.647. The average molecular weight is 209 g/mol. The second-order valence-electron chi connectivity index (χ2n) is 3.24. The lowest BCUT2D eigenvalue weighted by Gasteiger charge is -2.14. The standard InChI is InChI=1S/C9H15N5O/c1-5-4-12-9(10)14-7(5)13-6(2)8(15)11-3/h4,6H,1-3H3,(H,11,15)(H3,10,12,13,14). The molecule has 0 aromatic carbocycles. The predicted octanol–water partition coefficient (Wildman–Crippen LogP) is -0.0864. The van der Waals surface area contributed by atoms with Crippen LogP contribution in [0.4, 0.5) is 11.8 Å². The van der Waals surface area contributed by atoms with Gasteiger partial charge in [0.25, 0.3) is 0 Å². The summed E-state index contributed by atoms with van der Waals surface area (Å²) < 4.78 is 0. The lowest BCUT2D eigenvalue weighted by atomic mass is 10.3. The summed E-state index contributed by atoms with van der Waals surface area (Å²) in [5.74, 6) is 0.664. The third-order valence-electron chi connectivity index (χ3n) is 1.98. The van der Waals surface area contributed by atoms with Crippen LogP contribution in [0.1, 0.15) is 12.5 Å². The van der Waals surface area contributed by atoms with Gasteiger partial charge in [0.15, 0.2) is 0 Å². The van der Waals surface area contributed by atoms with Gasteiger partial charge in [-0.05, 0) is 13.8 Å². The van der Waals surface area contributed by atoms with Crippen molar-refractivity contribution < 1.29 is 4.79 Å². The zero-order valence-corrected chi connectivity index (χ0v) is 9.03. The first-order valence-corrected chi connectivity index (χ1v) is 4.62. The fraction of sp³-hybridized carbons (Fsp3) is 0.444. The van der Waals surface area contributed by atoms with Crippen molar-refractivity contribution in [1.82, 2.24) is 15.3 Å².